The Morgan fingerprint density at radius 3 is 1.65 bits per heavy atom. The van der Waals surface area contributed by atoms with Crippen LogP contribution in [0.5, 0.6) is 0 Å². The first-order chi connectivity index (χ1) is 15.6. The second kappa shape index (κ2) is 12.1. The molecule has 0 aliphatic carbocycles. The van der Waals surface area contributed by atoms with Gasteiger partial charge in [0.05, 0.1) is 12.5 Å². The van der Waals surface area contributed by atoms with E-state index in [4.69, 9.17) is 4.79 Å². The Hall–Kier alpha value is -2.73. The second-order valence-electron chi connectivity index (χ2n) is 9.87. The topological polar surface area (TPSA) is 92.7 Å². The summed E-state index contributed by atoms with van der Waals surface area (Å²) in [5.74, 6) is 0.153. The summed E-state index contributed by atoms with van der Waals surface area (Å²) >= 11 is 0. The largest absolute Gasteiger partial charge is 0.350 e. The number of hydrogen-bond acceptors (Lipinski definition) is 4. The van der Waals surface area contributed by atoms with Gasteiger partial charge >= 0.3 is 9.24 Å². The van der Waals surface area contributed by atoms with Crippen molar-refractivity contribution in [2.45, 2.75) is 64.8 Å². The van der Waals surface area contributed by atoms with Gasteiger partial charge in [-0.1, -0.05) is 107 Å². The number of benzene rings is 2. The van der Waals surface area contributed by atoms with E-state index in [-0.39, 0.29) is 22.8 Å². The Morgan fingerprint density at radius 2 is 1.38 bits per heavy atom. The fourth-order valence-corrected chi connectivity index (χ4v) is 3.11. The normalized spacial score (nSPS) is 15.1. The Labute approximate surface area is 207 Å². The lowest BCUT2D eigenvalue weighted by Gasteiger charge is -2.28. The third-order valence-electron chi connectivity index (χ3n) is 5.06. The minimum atomic E-state index is -4.00. The average molecular weight is 505 g/mol. The van der Waals surface area contributed by atoms with Crippen molar-refractivity contribution in [2.24, 2.45) is 4.40 Å². The van der Waals surface area contributed by atoms with Crippen molar-refractivity contribution in [3.05, 3.63) is 77.4 Å². The summed E-state index contributed by atoms with van der Waals surface area (Å²) in [5.41, 5.74) is 5.54. The van der Waals surface area contributed by atoms with Crippen LogP contribution in [-0.4, -0.2) is 20.4 Å². The van der Waals surface area contributed by atoms with Crippen LogP contribution in [0.15, 0.2) is 59.5 Å². The van der Waals surface area contributed by atoms with Crippen molar-refractivity contribution in [1.82, 2.24) is 5.32 Å². The van der Waals surface area contributed by atoms with Crippen LogP contribution in [0.4, 0.5) is 0 Å². The highest BCUT2D eigenvalue weighted by Gasteiger charge is 2.26. The fourth-order valence-electron chi connectivity index (χ4n) is 2.94. The van der Waals surface area contributed by atoms with Gasteiger partial charge in [-0.3, -0.25) is 4.79 Å². The van der Waals surface area contributed by atoms with Gasteiger partial charge in [-0.25, -0.2) is 4.79 Å². The van der Waals surface area contributed by atoms with E-state index in [2.05, 4.69) is 117 Å². The SMILES string of the molecule is C=Cc1ccc(C(C)(C)C)cc1.CC(C)(C)c1ccc(C2CC(=O)N2)cc1.O=C=NS(=O)(=O)Cl. The van der Waals surface area contributed by atoms with E-state index in [1.165, 1.54) is 22.3 Å². The molecule has 2 aromatic rings. The molecule has 8 heteroatoms. The number of β-lactam (4-membered cyclic amide) rings is 1. The molecule has 1 amide bonds. The molecule has 0 bridgehead atoms. The molecule has 0 spiro atoms. The summed E-state index contributed by atoms with van der Waals surface area (Å²) in [4.78, 5) is 19.9. The van der Waals surface area contributed by atoms with Gasteiger partial charge in [-0.2, -0.15) is 8.42 Å². The summed E-state index contributed by atoms with van der Waals surface area (Å²) in [6.45, 7) is 17.0. The molecule has 1 aliphatic rings. The number of nitrogens with one attached hydrogen (secondary N) is 1. The predicted octanol–water partition coefficient (Wildman–Crippen LogP) is 5.98. The summed E-state index contributed by atoms with van der Waals surface area (Å²) in [6.07, 6.45) is 3.26. The van der Waals surface area contributed by atoms with Gasteiger partial charge < -0.3 is 5.32 Å². The van der Waals surface area contributed by atoms with Crippen LogP contribution in [0.25, 0.3) is 6.08 Å². The van der Waals surface area contributed by atoms with Crippen molar-refractivity contribution in [3.63, 3.8) is 0 Å². The highest BCUT2D eigenvalue weighted by atomic mass is 35.7. The van der Waals surface area contributed by atoms with Crippen LogP contribution in [0.2, 0.25) is 0 Å². The van der Waals surface area contributed by atoms with Gasteiger partial charge in [0.25, 0.3) is 6.08 Å². The lowest BCUT2D eigenvalue weighted by molar-refractivity contribution is -0.128. The molecule has 1 unspecified atom stereocenters. The molecule has 1 aliphatic heterocycles. The van der Waals surface area contributed by atoms with Crippen LogP contribution < -0.4 is 5.32 Å². The van der Waals surface area contributed by atoms with Gasteiger partial charge in [0.2, 0.25) is 5.91 Å². The first kappa shape index (κ1) is 29.3. The van der Waals surface area contributed by atoms with Gasteiger partial charge in [0, 0.05) is 10.7 Å². The predicted molar refractivity (Wildman–Crippen MR) is 139 cm³/mol. The molecular formula is C26H33ClN2O4S. The number of halogens is 1. The van der Waals surface area contributed by atoms with Crippen LogP contribution in [0.1, 0.15) is 76.3 Å². The van der Waals surface area contributed by atoms with E-state index in [0.717, 1.165) is 6.08 Å². The first-order valence-electron chi connectivity index (χ1n) is 10.7. The van der Waals surface area contributed by atoms with Crippen molar-refractivity contribution in [1.29, 1.82) is 0 Å². The Balaban J connectivity index is 0.000000274. The minimum absolute atomic E-state index is 0.153. The Bertz CT molecular complexity index is 1110. The molecule has 1 heterocycles. The van der Waals surface area contributed by atoms with Gasteiger partial charge in [-0.15, -0.1) is 0 Å². The minimum Gasteiger partial charge on any atom is -0.349 e. The van der Waals surface area contributed by atoms with Crippen LogP contribution in [-0.2, 0) is 29.7 Å². The highest BCUT2D eigenvalue weighted by molar-refractivity contribution is 8.12. The third-order valence-corrected chi connectivity index (χ3v) is 5.56. The molecule has 1 fully saturated rings. The molecule has 1 atom stereocenters. The van der Waals surface area contributed by atoms with Crippen molar-refractivity contribution >= 4 is 38.0 Å². The Morgan fingerprint density at radius 1 is 0.971 bits per heavy atom. The maximum absolute atomic E-state index is 10.8. The summed E-state index contributed by atoms with van der Waals surface area (Å²) in [6, 6.07) is 17.3. The van der Waals surface area contributed by atoms with Crippen molar-refractivity contribution < 1.29 is 18.0 Å². The second-order valence-corrected chi connectivity index (χ2v) is 12.0. The average Bonchev–Trinajstić information content (AvgIpc) is 2.70. The zero-order chi connectivity index (χ0) is 26.2. The molecule has 6 nitrogen and oxygen atoms in total. The molecular weight excluding hydrogens is 472 g/mol. The number of carbonyl (C=O) groups excluding carboxylic acids is 2. The first-order valence-corrected chi connectivity index (χ1v) is 13.0. The van der Waals surface area contributed by atoms with E-state index in [1.807, 2.05) is 6.08 Å². The summed E-state index contributed by atoms with van der Waals surface area (Å²) in [5, 5.41) is 2.88. The standard InChI is InChI=1S/C13H17NO.C12H16.CClNO3S/c1-13(2,3)10-6-4-9(5-7-10)11-8-12(15)14-11;1-5-10-6-8-11(9-7-10)12(2,3)4;2-7(5,6)3-1-4/h4-7,11H,8H2,1-3H3,(H,14,15);5-9H,1H2,2-4H3;. The van der Waals surface area contributed by atoms with Crippen molar-refractivity contribution in [2.75, 3.05) is 0 Å². The number of amides is 1. The molecule has 0 saturated carbocycles. The van der Waals surface area contributed by atoms with Crippen LogP contribution >= 0.6 is 10.7 Å². The quantitative estimate of drug-likeness (QED) is 0.241. The molecule has 0 aromatic heterocycles. The monoisotopic (exact) mass is 504 g/mol. The van der Waals surface area contributed by atoms with Gasteiger partial charge in [0.15, 0.2) is 0 Å². The smallest absolute Gasteiger partial charge is 0.349 e. The van der Waals surface area contributed by atoms with Gasteiger partial charge in [-0.05, 0) is 33.1 Å². The molecule has 184 valence electrons. The lowest BCUT2D eigenvalue weighted by Crippen LogP contribution is -2.41. The maximum atomic E-state index is 10.8. The van der Waals surface area contributed by atoms with Crippen LogP contribution in [0, 0.1) is 0 Å². The highest BCUT2D eigenvalue weighted by Crippen LogP contribution is 2.27. The molecule has 2 aromatic carbocycles. The molecule has 34 heavy (non-hydrogen) atoms. The molecule has 3 rings (SSSR count). The Kier molecular flexibility index (Phi) is 10.4. The molecule has 1 saturated heterocycles. The summed E-state index contributed by atoms with van der Waals surface area (Å²) in [7, 11) is 0.376. The number of isocyanates is 1. The fraction of sp³-hybridized carbons (Fsp3) is 0.385. The summed E-state index contributed by atoms with van der Waals surface area (Å²) < 4.78 is 21.3. The van der Waals surface area contributed by atoms with E-state index >= 15 is 0 Å². The maximum Gasteiger partial charge on any atom is 0.350 e. The van der Waals surface area contributed by atoms with E-state index in [9.17, 15) is 13.2 Å². The number of carbonyl (C=O) groups is 1. The van der Waals surface area contributed by atoms with E-state index < -0.39 is 9.24 Å². The number of hydrogen-bond donors (Lipinski definition) is 1. The molecule has 0 radical (unpaired) electrons. The third kappa shape index (κ3) is 10.5. The number of rotatable bonds is 3. The van der Waals surface area contributed by atoms with Crippen molar-refractivity contribution in [3.8, 4) is 0 Å². The molecule has 1 N–H and O–H groups in total. The van der Waals surface area contributed by atoms with Crippen LogP contribution in [0.3, 0.4) is 0 Å². The van der Waals surface area contributed by atoms with E-state index in [1.54, 1.807) is 0 Å². The lowest BCUT2D eigenvalue weighted by atomic mass is 9.85. The zero-order valence-corrected chi connectivity index (χ0v) is 22.1. The van der Waals surface area contributed by atoms with E-state index in [0.29, 0.717) is 6.42 Å². The van der Waals surface area contributed by atoms with Gasteiger partial charge in [0.1, 0.15) is 0 Å². The zero-order valence-electron chi connectivity index (χ0n) is 20.6. The number of nitrogens with zero attached hydrogens (tertiary/aromatic N) is 1.